The van der Waals surface area contributed by atoms with Gasteiger partial charge < -0.3 is 5.73 Å². The van der Waals surface area contributed by atoms with Gasteiger partial charge in [-0.05, 0) is 40.3 Å². The molecular weight excluding hydrogens is 297 g/mol. The second-order valence-electron chi connectivity index (χ2n) is 3.97. The number of halogens is 1. The standard InChI is InChI=1S/C13H14IN/c1-10-4-2-3-9-13(10,15)11-5-7-12(14)8-6-11/h2-10H,15H2,1H3. The van der Waals surface area contributed by atoms with E-state index in [-0.39, 0.29) is 5.54 Å². The van der Waals surface area contributed by atoms with Crippen molar-refractivity contribution < 1.29 is 0 Å². The van der Waals surface area contributed by atoms with E-state index in [1.165, 1.54) is 9.13 Å². The number of allylic oxidation sites excluding steroid dienone is 2. The Balaban J connectivity index is 2.41. The summed E-state index contributed by atoms with van der Waals surface area (Å²) in [6.45, 7) is 2.15. The summed E-state index contributed by atoms with van der Waals surface area (Å²) in [6.07, 6.45) is 8.32. The molecule has 2 unspecified atom stereocenters. The highest BCUT2D eigenvalue weighted by molar-refractivity contribution is 14.1. The fourth-order valence-corrected chi connectivity index (χ4v) is 2.21. The summed E-state index contributed by atoms with van der Waals surface area (Å²) in [5.41, 5.74) is 7.26. The Hall–Kier alpha value is -0.610. The Morgan fingerprint density at radius 2 is 1.87 bits per heavy atom. The van der Waals surface area contributed by atoms with Crippen molar-refractivity contribution in [2.45, 2.75) is 12.5 Å². The Bertz CT molecular complexity index is 405. The van der Waals surface area contributed by atoms with Crippen molar-refractivity contribution in [3.05, 3.63) is 57.7 Å². The molecule has 0 aromatic heterocycles. The number of rotatable bonds is 1. The third-order valence-electron chi connectivity index (χ3n) is 2.98. The molecule has 15 heavy (non-hydrogen) atoms. The van der Waals surface area contributed by atoms with Gasteiger partial charge in [0.25, 0.3) is 0 Å². The van der Waals surface area contributed by atoms with E-state index in [1.54, 1.807) is 0 Å². The van der Waals surface area contributed by atoms with E-state index in [1.807, 2.05) is 6.08 Å². The van der Waals surface area contributed by atoms with Crippen LogP contribution in [0.4, 0.5) is 0 Å². The SMILES string of the molecule is CC1C=CC=CC1(N)c1ccc(I)cc1. The molecule has 0 radical (unpaired) electrons. The van der Waals surface area contributed by atoms with Crippen LogP contribution in [0.3, 0.4) is 0 Å². The van der Waals surface area contributed by atoms with Gasteiger partial charge in [-0.2, -0.15) is 0 Å². The van der Waals surface area contributed by atoms with Gasteiger partial charge >= 0.3 is 0 Å². The van der Waals surface area contributed by atoms with Crippen molar-refractivity contribution >= 4 is 22.6 Å². The van der Waals surface area contributed by atoms with Gasteiger partial charge in [-0.1, -0.05) is 43.4 Å². The van der Waals surface area contributed by atoms with Crippen molar-refractivity contribution in [3.63, 3.8) is 0 Å². The molecule has 0 saturated heterocycles. The molecule has 0 spiro atoms. The maximum Gasteiger partial charge on any atom is 0.0659 e. The van der Waals surface area contributed by atoms with E-state index in [0.717, 1.165) is 0 Å². The zero-order chi connectivity index (χ0) is 10.9. The van der Waals surface area contributed by atoms with Crippen molar-refractivity contribution in [2.24, 2.45) is 11.7 Å². The second kappa shape index (κ2) is 4.10. The van der Waals surface area contributed by atoms with Crippen LogP contribution in [0.15, 0.2) is 48.6 Å². The third-order valence-corrected chi connectivity index (χ3v) is 3.70. The number of nitrogens with two attached hydrogens (primary N) is 1. The fraction of sp³-hybridized carbons (Fsp3) is 0.231. The van der Waals surface area contributed by atoms with E-state index >= 15 is 0 Å². The van der Waals surface area contributed by atoms with Crippen LogP contribution in [0.2, 0.25) is 0 Å². The molecular formula is C13H14IN. The average Bonchev–Trinajstić information content (AvgIpc) is 2.23. The molecule has 2 N–H and O–H groups in total. The highest BCUT2D eigenvalue weighted by Crippen LogP contribution is 2.32. The monoisotopic (exact) mass is 311 g/mol. The van der Waals surface area contributed by atoms with Gasteiger partial charge in [0.15, 0.2) is 0 Å². The maximum absolute atomic E-state index is 6.43. The van der Waals surface area contributed by atoms with Crippen molar-refractivity contribution in [1.29, 1.82) is 0 Å². The van der Waals surface area contributed by atoms with Crippen LogP contribution in [-0.2, 0) is 5.54 Å². The molecule has 2 atom stereocenters. The van der Waals surface area contributed by atoms with Gasteiger partial charge in [-0.15, -0.1) is 0 Å². The van der Waals surface area contributed by atoms with Gasteiger partial charge in [-0.25, -0.2) is 0 Å². The molecule has 0 bridgehead atoms. The highest BCUT2D eigenvalue weighted by Gasteiger charge is 2.30. The van der Waals surface area contributed by atoms with Gasteiger partial charge in [-0.3, -0.25) is 0 Å². The second-order valence-corrected chi connectivity index (χ2v) is 5.22. The number of benzene rings is 1. The number of hydrogen-bond acceptors (Lipinski definition) is 1. The van der Waals surface area contributed by atoms with Crippen molar-refractivity contribution in [2.75, 3.05) is 0 Å². The minimum atomic E-state index is -0.348. The van der Waals surface area contributed by atoms with Crippen LogP contribution < -0.4 is 5.73 Å². The zero-order valence-electron chi connectivity index (χ0n) is 8.65. The molecule has 78 valence electrons. The van der Waals surface area contributed by atoms with Gasteiger partial charge in [0.2, 0.25) is 0 Å². The maximum atomic E-state index is 6.43. The minimum Gasteiger partial charge on any atom is -0.318 e. The van der Waals surface area contributed by atoms with E-state index in [0.29, 0.717) is 5.92 Å². The molecule has 1 aliphatic carbocycles. The molecule has 0 amide bonds. The molecule has 0 aliphatic heterocycles. The van der Waals surface area contributed by atoms with Crippen LogP contribution in [0.1, 0.15) is 12.5 Å². The quantitative estimate of drug-likeness (QED) is 0.792. The fourth-order valence-electron chi connectivity index (χ4n) is 1.85. The largest absolute Gasteiger partial charge is 0.318 e. The van der Waals surface area contributed by atoms with Gasteiger partial charge in [0.1, 0.15) is 0 Å². The molecule has 1 nitrogen and oxygen atoms in total. The lowest BCUT2D eigenvalue weighted by atomic mass is 9.77. The summed E-state index contributed by atoms with van der Waals surface area (Å²) in [5.74, 6) is 0.336. The summed E-state index contributed by atoms with van der Waals surface area (Å²) in [6, 6.07) is 8.43. The lowest BCUT2D eigenvalue weighted by Gasteiger charge is -2.33. The predicted molar refractivity (Wildman–Crippen MR) is 72.5 cm³/mol. The van der Waals surface area contributed by atoms with Crippen LogP contribution in [0.25, 0.3) is 0 Å². The van der Waals surface area contributed by atoms with Crippen LogP contribution in [-0.4, -0.2) is 0 Å². The molecule has 0 saturated carbocycles. The van der Waals surface area contributed by atoms with Crippen LogP contribution in [0, 0.1) is 9.49 Å². The molecule has 1 aliphatic rings. The first-order chi connectivity index (χ1) is 7.13. The normalized spacial score (nSPS) is 29.4. The van der Waals surface area contributed by atoms with Crippen molar-refractivity contribution in [3.8, 4) is 0 Å². The van der Waals surface area contributed by atoms with E-state index < -0.39 is 0 Å². The van der Waals surface area contributed by atoms with E-state index in [2.05, 4.69) is 72.0 Å². The molecule has 1 aromatic carbocycles. The zero-order valence-corrected chi connectivity index (χ0v) is 10.8. The first-order valence-corrected chi connectivity index (χ1v) is 6.12. The Morgan fingerprint density at radius 3 is 2.47 bits per heavy atom. The highest BCUT2D eigenvalue weighted by atomic mass is 127. The van der Waals surface area contributed by atoms with Crippen LogP contribution in [0.5, 0.6) is 0 Å². The lowest BCUT2D eigenvalue weighted by Crippen LogP contribution is -2.41. The first kappa shape index (κ1) is 10.9. The average molecular weight is 311 g/mol. The van der Waals surface area contributed by atoms with Gasteiger partial charge in [0.05, 0.1) is 5.54 Å². The Kier molecular flexibility index (Phi) is 2.98. The third kappa shape index (κ3) is 2.01. The van der Waals surface area contributed by atoms with E-state index in [9.17, 15) is 0 Å². The lowest BCUT2D eigenvalue weighted by molar-refractivity contribution is 0.433. The van der Waals surface area contributed by atoms with Crippen LogP contribution >= 0.6 is 22.6 Å². The molecule has 1 aromatic rings. The van der Waals surface area contributed by atoms with Crippen molar-refractivity contribution in [1.82, 2.24) is 0 Å². The minimum absolute atomic E-state index is 0.336. The summed E-state index contributed by atoms with van der Waals surface area (Å²) in [5, 5.41) is 0. The molecule has 0 fully saturated rings. The molecule has 2 heteroatoms. The first-order valence-electron chi connectivity index (χ1n) is 5.04. The summed E-state index contributed by atoms with van der Waals surface area (Å²) in [4.78, 5) is 0. The summed E-state index contributed by atoms with van der Waals surface area (Å²) >= 11 is 2.30. The summed E-state index contributed by atoms with van der Waals surface area (Å²) in [7, 11) is 0. The smallest absolute Gasteiger partial charge is 0.0659 e. The predicted octanol–water partition coefficient (Wildman–Crippen LogP) is 3.21. The Morgan fingerprint density at radius 1 is 1.20 bits per heavy atom. The van der Waals surface area contributed by atoms with E-state index in [4.69, 9.17) is 5.73 Å². The topological polar surface area (TPSA) is 26.0 Å². The Labute approximate surface area is 104 Å². The summed E-state index contributed by atoms with van der Waals surface area (Å²) < 4.78 is 1.24. The molecule has 0 heterocycles. The molecule has 2 rings (SSSR count). The number of hydrogen-bond donors (Lipinski definition) is 1. The van der Waals surface area contributed by atoms with Gasteiger partial charge in [0, 0.05) is 9.49 Å².